The molecule has 0 aliphatic rings. The molecule has 1 N–H and O–H groups in total. The molecule has 18 heavy (non-hydrogen) atoms. The summed E-state index contributed by atoms with van der Waals surface area (Å²) < 4.78 is 5.17. The first-order valence-electron chi connectivity index (χ1n) is 5.61. The third-order valence-electron chi connectivity index (χ3n) is 2.06. The number of carbonyl (C=O) groups excluding carboxylic acids is 1. The van der Waals surface area contributed by atoms with E-state index in [9.17, 15) is 4.79 Å². The minimum absolute atomic E-state index is 0.153. The lowest BCUT2D eigenvalue weighted by Gasteiger charge is -2.19. The normalized spacial score (nSPS) is 11.2. The number of benzene rings is 1. The molecule has 0 aromatic heterocycles. The van der Waals surface area contributed by atoms with E-state index in [1.165, 1.54) is 0 Å². The molecule has 1 rings (SSSR count). The largest absolute Gasteiger partial charge is 0.496 e. The molecule has 0 saturated carbocycles. The Morgan fingerprint density at radius 1 is 1.39 bits per heavy atom. The summed E-state index contributed by atoms with van der Waals surface area (Å²) in [6.45, 7) is 5.56. The fraction of sp³-hybridized carbons (Fsp3) is 0.462. The number of methoxy groups -OCH3 is 1. The zero-order chi connectivity index (χ0) is 13.8. The standard InChI is InChI=1S/C13H18ClNO3/c1-13(2,3)18-15-12(16)8-9-7-10(14)5-6-11(9)17-4/h5-7H,8H2,1-4H3,(H,15,16). The topological polar surface area (TPSA) is 47.6 Å². The number of hydrogen-bond donors (Lipinski definition) is 1. The van der Waals surface area contributed by atoms with Crippen LogP contribution in [0.4, 0.5) is 0 Å². The van der Waals surface area contributed by atoms with Crippen LogP contribution in [0.3, 0.4) is 0 Å². The van der Waals surface area contributed by atoms with E-state index in [0.29, 0.717) is 10.8 Å². The number of carbonyl (C=O) groups is 1. The Bertz CT molecular complexity index is 427. The second-order valence-corrected chi connectivity index (χ2v) is 5.31. The van der Waals surface area contributed by atoms with E-state index in [1.54, 1.807) is 25.3 Å². The Hall–Kier alpha value is -1.26. The van der Waals surface area contributed by atoms with Crippen molar-refractivity contribution in [2.45, 2.75) is 32.8 Å². The van der Waals surface area contributed by atoms with Crippen molar-refractivity contribution in [3.63, 3.8) is 0 Å². The average molecular weight is 272 g/mol. The fourth-order valence-electron chi connectivity index (χ4n) is 1.30. The number of rotatable bonds is 4. The molecular formula is C13H18ClNO3. The SMILES string of the molecule is COc1ccc(Cl)cc1CC(=O)NOC(C)(C)C. The van der Waals surface area contributed by atoms with Gasteiger partial charge in [0.2, 0.25) is 5.91 Å². The second kappa shape index (κ2) is 6.07. The van der Waals surface area contributed by atoms with Crippen molar-refractivity contribution in [3.05, 3.63) is 28.8 Å². The molecule has 0 fully saturated rings. The highest BCUT2D eigenvalue weighted by atomic mass is 35.5. The van der Waals surface area contributed by atoms with Crippen LogP contribution in [-0.2, 0) is 16.1 Å². The Kier molecular flexibility index (Phi) is 4.99. The van der Waals surface area contributed by atoms with E-state index in [4.69, 9.17) is 21.2 Å². The van der Waals surface area contributed by atoms with Crippen LogP contribution >= 0.6 is 11.6 Å². The van der Waals surface area contributed by atoms with Gasteiger partial charge in [-0.2, -0.15) is 0 Å². The van der Waals surface area contributed by atoms with Gasteiger partial charge in [-0.1, -0.05) is 11.6 Å². The van der Waals surface area contributed by atoms with Crippen LogP contribution in [0.15, 0.2) is 18.2 Å². The van der Waals surface area contributed by atoms with Gasteiger partial charge >= 0.3 is 0 Å². The Morgan fingerprint density at radius 2 is 2.06 bits per heavy atom. The molecular weight excluding hydrogens is 254 g/mol. The Morgan fingerprint density at radius 3 is 2.61 bits per heavy atom. The average Bonchev–Trinajstić information content (AvgIpc) is 2.26. The molecule has 0 spiro atoms. The lowest BCUT2D eigenvalue weighted by atomic mass is 10.1. The summed E-state index contributed by atoms with van der Waals surface area (Å²) in [5, 5.41) is 0.565. The van der Waals surface area contributed by atoms with E-state index in [2.05, 4.69) is 5.48 Å². The summed E-state index contributed by atoms with van der Waals surface area (Å²) in [6, 6.07) is 5.15. The van der Waals surface area contributed by atoms with Gasteiger partial charge < -0.3 is 4.74 Å². The van der Waals surface area contributed by atoms with Gasteiger partial charge in [-0.15, -0.1) is 0 Å². The van der Waals surface area contributed by atoms with E-state index in [0.717, 1.165) is 5.56 Å². The molecule has 4 nitrogen and oxygen atoms in total. The van der Waals surface area contributed by atoms with Crippen molar-refractivity contribution in [1.29, 1.82) is 0 Å². The van der Waals surface area contributed by atoms with Gasteiger partial charge in [-0.05, 0) is 39.0 Å². The molecule has 0 aliphatic heterocycles. The highest BCUT2D eigenvalue weighted by Crippen LogP contribution is 2.23. The monoisotopic (exact) mass is 271 g/mol. The van der Waals surface area contributed by atoms with Crippen LogP contribution in [0.2, 0.25) is 5.02 Å². The maximum Gasteiger partial charge on any atom is 0.248 e. The smallest absolute Gasteiger partial charge is 0.248 e. The number of amides is 1. The molecule has 0 aliphatic carbocycles. The first-order valence-corrected chi connectivity index (χ1v) is 5.99. The fourth-order valence-corrected chi connectivity index (χ4v) is 1.50. The van der Waals surface area contributed by atoms with Gasteiger partial charge in [0, 0.05) is 10.6 Å². The van der Waals surface area contributed by atoms with Gasteiger partial charge in [0.05, 0.1) is 19.1 Å². The number of hydrogen-bond acceptors (Lipinski definition) is 3. The van der Waals surface area contributed by atoms with Crippen molar-refractivity contribution >= 4 is 17.5 Å². The Balaban J connectivity index is 2.66. The van der Waals surface area contributed by atoms with Crippen LogP contribution in [0.5, 0.6) is 5.75 Å². The van der Waals surface area contributed by atoms with Crippen molar-refractivity contribution < 1.29 is 14.4 Å². The first-order chi connectivity index (χ1) is 8.31. The van der Waals surface area contributed by atoms with E-state index >= 15 is 0 Å². The van der Waals surface area contributed by atoms with E-state index < -0.39 is 5.60 Å². The predicted molar refractivity (Wildman–Crippen MR) is 70.7 cm³/mol. The van der Waals surface area contributed by atoms with Crippen LogP contribution < -0.4 is 10.2 Å². The number of hydroxylamine groups is 1. The van der Waals surface area contributed by atoms with Gasteiger partial charge in [-0.3, -0.25) is 9.63 Å². The molecule has 1 amide bonds. The highest BCUT2D eigenvalue weighted by Gasteiger charge is 2.14. The zero-order valence-corrected chi connectivity index (χ0v) is 11.8. The third kappa shape index (κ3) is 4.94. The molecule has 0 atom stereocenters. The zero-order valence-electron chi connectivity index (χ0n) is 11.0. The summed E-state index contributed by atoms with van der Waals surface area (Å²) in [6.07, 6.45) is 0.153. The first kappa shape index (κ1) is 14.8. The Labute approximate surface area is 112 Å². The molecule has 0 saturated heterocycles. The molecule has 0 radical (unpaired) electrons. The summed E-state index contributed by atoms with van der Waals surface area (Å²) in [5.74, 6) is 0.385. The predicted octanol–water partition coefficient (Wildman–Crippen LogP) is 2.74. The summed E-state index contributed by atoms with van der Waals surface area (Å²) >= 11 is 5.89. The summed E-state index contributed by atoms with van der Waals surface area (Å²) in [4.78, 5) is 16.9. The molecule has 0 unspecified atom stereocenters. The van der Waals surface area contributed by atoms with Gasteiger partial charge in [0.1, 0.15) is 5.75 Å². The number of halogens is 1. The quantitative estimate of drug-likeness (QED) is 0.857. The van der Waals surface area contributed by atoms with Crippen molar-refractivity contribution in [1.82, 2.24) is 5.48 Å². The third-order valence-corrected chi connectivity index (χ3v) is 2.30. The van der Waals surface area contributed by atoms with Crippen LogP contribution in [0, 0.1) is 0 Å². The minimum atomic E-state index is -0.423. The molecule has 100 valence electrons. The van der Waals surface area contributed by atoms with Crippen molar-refractivity contribution in [2.24, 2.45) is 0 Å². The summed E-state index contributed by atoms with van der Waals surface area (Å²) in [7, 11) is 1.55. The number of ether oxygens (including phenoxy) is 1. The van der Waals surface area contributed by atoms with Crippen molar-refractivity contribution in [2.75, 3.05) is 7.11 Å². The molecule has 1 aromatic carbocycles. The van der Waals surface area contributed by atoms with Crippen LogP contribution in [0.25, 0.3) is 0 Å². The number of nitrogens with one attached hydrogen (secondary N) is 1. The molecule has 1 aromatic rings. The molecule has 0 bridgehead atoms. The maximum atomic E-state index is 11.7. The van der Waals surface area contributed by atoms with Gasteiger partial charge in [-0.25, -0.2) is 5.48 Å². The van der Waals surface area contributed by atoms with Crippen molar-refractivity contribution in [3.8, 4) is 5.75 Å². The van der Waals surface area contributed by atoms with Crippen LogP contribution in [-0.4, -0.2) is 18.6 Å². The van der Waals surface area contributed by atoms with E-state index in [-0.39, 0.29) is 12.3 Å². The molecule has 0 heterocycles. The maximum absolute atomic E-state index is 11.7. The van der Waals surface area contributed by atoms with Gasteiger partial charge in [0.25, 0.3) is 0 Å². The minimum Gasteiger partial charge on any atom is -0.496 e. The molecule has 5 heteroatoms. The summed E-state index contributed by atoms with van der Waals surface area (Å²) in [5.41, 5.74) is 2.70. The van der Waals surface area contributed by atoms with E-state index in [1.807, 2.05) is 20.8 Å². The van der Waals surface area contributed by atoms with Gasteiger partial charge in [0.15, 0.2) is 0 Å². The lowest BCUT2D eigenvalue weighted by Crippen LogP contribution is -2.34. The second-order valence-electron chi connectivity index (χ2n) is 4.87. The highest BCUT2D eigenvalue weighted by molar-refractivity contribution is 6.30. The van der Waals surface area contributed by atoms with Crippen LogP contribution in [0.1, 0.15) is 26.3 Å². The lowest BCUT2D eigenvalue weighted by molar-refractivity contribution is -0.144.